The molecule has 23 heavy (non-hydrogen) atoms. The molecule has 0 unspecified atom stereocenters. The molecule has 0 saturated carbocycles. The van der Waals surface area contributed by atoms with E-state index in [9.17, 15) is 4.39 Å². The Morgan fingerprint density at radius 2 is 2.17 bits per heavy atom. The van der Waals surface area contributed by atoms with Crippen molar-refractivity contribution in [3.8, 4) is 0 Å². The van der Waals surface area contributed by atoms with Gasteiger partial charge in [0.25, 0.3) is 0 Å². The first-order valence-corrected chi connectivity index (χ1v) is 8.08. The molecule has 2 aromatic rings. The van der Waals surface area contributed by atoms with Gasteiger partial charge >= 0.3 is 0 Å². The van der Waals surface area contributed by atoms with Gasteiger partial charge in [0, 0.05) is 20.2 Å². The second-order valence-electron chi connectivity index (χ2n) is 6.10. The first kappa shape index (κ1) is 16.1. The van der Waals surface area contributed by atoms with Gasteiger partial charge in [0.05, 0.1) is 6.04 Å². The molecule has 0 fully saturated rings. The Bertz CT molecular complexity index is 641. The number of ether oxygens (including phenoxy) is 1. The maximum atomic E-state index is 13.0. The van der Waals surface area contributed by atoms with Crippen LogP contribution < -0.4 is 5.32 Å². The summed E-state index contributed by atoms with van der Waals surface area (Å²) in [4.78, 5) is 4.60. The molecule has 1 aromatic heterocycles. The molecule has 3 rings (SSSR count). The Balaban J connectivity index is 1.64. The highest BCUT2D eigenvalue weighted by molar-refractivity contribution is 5.20. The number of hydrogen-bond acceptors (Lipinski definition) is 4. The monoisotopic (exact) mass is 318 g/mol. The van der Waals surface area contributed by atoms with Gasteiger partial charge in [-0.15, -0.1) is 0 Å². The van der Waals surface area contributed by atoms with Crippen molar-refractivity contribution in [3.05, 3.63) is 47.3 Å². The molecule has 0 aliphatic carbocycles. The van der Waals surface area contributed by atoms with Crippen LogP contribution in [-0.2, 0) is 17.9 Å². The lowest BCUT2D eigenvalue weighted by molar-refractivity contribution is 0.177. The Hall–Kier alpha value is -1.79. The van der Waals surface area contributed by atoms with Crippen LogP contribution in [0.15, 0.2) is 24.3 Å². The smallest absolute Gasteiger partial charge is 0.176 e. The maximum Gasteiger partial charge on any atom is 0.176 e. The fraction of sp³-hybridized carbons (Fsp3) is 0.529. The van der Waals surface area contributed by atoms with Crippen LogP contribution >= 0.6 is 0 Å². The minimum absolute atomic E-state index is 0.194. The highest BCUT2D eigenvalue weighted by Crippen LogP contribution is 2.24. The van der Waals surface area contributed by atoms with Crippen LogP contribution in [0.2, 0.25) is 0 Å². The molecule has 1 N–H and O–H groups in total. The number of nitrogens with zero attached hydrogens (tertiary/aromatic N) is 3. The SMILES string of the molecule is COCc1nc2n(n1)CCC[C@H]2NC[C@@H](C)c1ccc(F)cc1. The third kappa shape index (κ3) is 3.76. The highest BCUT2D eigenvalue weighted by Gasteiger charge is 2.24. The molecule has 2 atom stereocenters. The van der Waals surface area contributed by atoms with Crippen LogP contribution in [0.4, 0.5) is 4.39 Å². The van der Waals surface area contributed by atoms with Gasteiger partial charge in [-0.25, -0.2) is 14.1 Å². The molecule has 5 nitrogen and oxygen atoms in total. The van der Waals surface area contributed by atoms with Crippen LogP contribution in [0.25, 0.3) is 0 Å². The molecule has 0 amide bonds. The number of halogens is 1. The fourth-order valence-corrected chi connectivity index (χ4v) is 3.01. The van der Waals surface area contributed by atoms with Crippen molar-refractivity contribution in [2.75, 3.05) is 13.7 Å². The van der Waals surface area contributed by atoms with E-state index in [1.54, 1.807) is 7.11 Å². The zero-order valence-electron chi connectivity index (χ0n) is 13.6. The predicted octanol–water partition coefficient (Wildman–Crippen LogP) is 2.79. The van der Waals surface area contributed by atoms with E-state index in [0.717, 1.165) is 43.1 Å². The lowest BCUT2D eigenvalue weighted by Gasteiger charge is -2.24. The summed E-state index contributed by atoms with van der Waals surface area (Å²) >= 11 is 0. The predicted molar refractivity (Wildman–Crippen MR) is 85.5 cm³/mol. The van der Waals surface area contributed by atoms with Gasteiger partial charge in [0.1, 0.15) is 18.2 Å². The molecule has 2 heterocycles. The van der Waals surface area contributed by atoms with Crippen LogP contribution in [0.3, 0.4) is 0 Å². The van der Waals surface area contributed by atoms with Gasteiger partial charge in [-0.05, 0) is 36.5 Å². The van der Waals surface area contributed by atoms with E-state index in [-0.39, 0.29) is 11.9 Å². The molecular weight excluding hydrogens is 295 g/mol. The number of methoxy groups -OCH3 is 1. The summed E-state index contributed by atoms with van der Waals surface area (Å²) in [5.74, 6) is 1.85. The third-order valence-electron chi connectivity index (χ3n) is 4.30. The summed E-state index contributed by atoms with van der Waals surface area (Å²) in [6.45, 7) is 4.32. The average Bonchev–Trinajstić information content (AvgIpc) is 2.96. The minimum Gasteiger partial charge on any atom is -0.377 e. The van der Waals surface area contributed by atoms with Crippen molar-refractivity contribution in [2.45, 2.75) is 44.9 Å². The molecule has 1 aromatic carbocycles. The summed E-state index contributed by atoms with van der Waals surface area (Å²) in [7, 11) is 1.65. The van der Waals surface area contributed by atoms with Gasteiger partial charge < -0.3 is 10.1 Å². The van der Waals surface area contributed by atoms with Crippen LogP contribution in [0.1, 0.15) is 48.9 Å². The number of rotatable bonds is 6. The number of hydrogen-bond donors (Lipinski definition) is 1. The summed E-state index contributed by atoms with van der Waals surface area (Å²) in [5, 5.41) is 8.07. The second-order valence-corrected chi connectivity index (χ2v) is 6.10. The Labute approximate surface area is 135 Å². The first-order valence-electron chi connectivity index (χ1n) is 8.08. The van der Waals surface area contributed by atoms with Gasteiger partial charge in [0.15, 0.2) is 5.82 Å². The minimum atomic E-state index is -0.194. The van der Waals surface area contributed by atoms with E-state index in [0.29, 0.717) is 12.5 Å². The molecule has 6 heteroatoms. The van der Waals surface area contributed by atoms with Gasteiger partial charge in [-0.3, -0.25) is 0 Å². The topological polar surface area (TPSA) is 52.0 Å². The maximum absolute atomic E-state index is 13.0. The van der Waals surface area contributed by atoms with Crippen molar-refractivity contribution in [2.24, 2.45) is 0 Å². The molecule has 124 valence electrons. The second kappa shape index (κ2) is 7.19. The van der Waals surface area contributed by atoms with Crippen molar-refractivity contribution in [1.29, 1.82) is 0 Å². The van der Waals surface area contributed by atoms with Crippen molar-refractivity contribution >= 4 is 0 Å². The van der Waals surface area contributed by atoms with Gasteiger partial charge in [-0.1, -0.05) is 19.1 Å². The summed E-state index contributed by atoms with van der Waals surface area (Å²) in [6, 6.07) is 6.94. The van der Waals surface area contributed by atoms with Crippen molar-refractivity contribution < 1.29 is 9.13 Å². The molecular formula is C17H23FN4O. The van der Waals surface area contributed by atoms with Crippen LogP contribution in [-0.4, -0.2) is 28.4 Å². The standard InChI is InChI=1S/C17H23FN4O/c1-12(13-5-7-14(18)8-6-13)10-19-15-4-3-9-22-17(15)20-16(21-22)11-23-2/h5-8,12,15,19H,3-4,9-11H2,1-2H3/t12-,15-/m1/s1. The molecule has 0 bridgehead atoms. The Morgan fingerprint density at radius 1 is 1.39 bits per heavy atom. The number of aryl methyl sites for hydroxylation is 1. The molecule has 1 aliphatic rings. The summed E-state index contributed by atoms with van der Waals surface area (Å²) < 4.78 is 20.1. The van der Waals surface area contributed by atoms with E-state index in [1.807, 2.05) is 16.8 Å². The number of nitrogens with one attached hydrogen (secondary N) is 1. The molecule has 0 radical (unpaired) electrons. The zero-order valence-corrected chi connectivity index (χ0v) is 13.6. The lowest BCUT2D eigenvalue weighted by Crippen LogP contribution is -2.31. The summed E-state index contributed by atoms with van der Waals surface area (Å²) in [5.41, 5.74) is 1.14. The zero-order chi connectivity index (χ0) is 16.2. The van der Waals surface area contributed by atoms with Gasteiger partial charge in [-0.2, -0.15) is 5.10 Å². The number of benzene rings is 1. The largest absolute Gasteiger partial charge is 0.377 e. The quantitative estimate of drug-likeness (QED) is 0.890. The summed E-state index contributed by atoms with van der Waals surface area (Å²) in [6.07, 6.45) is 2.15. The normalized spacial score (nSPS) is 18.7. The van der Waals surface area contributed by atoms with Crippen LogP contribution in [0, 0.1) is 5.82 Å². The molecule has 0 saturated heterocycles. The lowest BCUT2D eigenvalue weighted by atomic mass is 10.00. The number of fused-ring (bicyclic) bond motifs is 1. The Morgan fingerprint density at radius 3 is 2.91 bits per heavy atom. The van der Waals surface area contributed by atoms with E-state index in [2.05, 4.69) is 22.3 Å². The van der Waals surface area contributed by atoms with E-state index in [4.69, 9.17) is 4.74 Å². The fourth-order valence-electron chi connectivity index (χ4n) is 3.01. The van der Waals surface area contributed by atoms with Crippen molar-refractivity contribution in [1.82, 2.24) is 20.1 Å². The van der Waals surface area contributed by atoms with E-state index < -0.39 is 0 Å². The average molecular weight is 318 g/mol. The molecule has 0 spiro atoms. The Kier molecular flexibility index (Phi) is 5.03. The van der Waals surface area contributed by atoms with Crippen LogP contribution in [0.5, 0.6) is 0 Å². The van der Waals surface area contributed by atoms with E-state index >= 15 is 0 Å². The van der Waals surface area contributed by atoms with Gasteiger partial charge in [0.2, 0.25) is 0 Å². The first-order chi connectivity index (χ1) is 11.2. The highest BCUT2D eigenvalue weighted by atomic mass is 19.1. The molecule has 1 aliphatic heterocycles. The third-order valence-corrected chi connectivity index (χ3v) is 4.30. The van der Waals surface area contributed by atoms with E-state index in [1.165, 1.54) is 12.1 Å². The number of aromatic nitrogens is 3. The van der Waals surface area contributed by atoms with Crippen molar-refractivity contribution in [3.63, 3.8) is 0 Å².